The summed E-state index contributed by atoms with van der Waals surface area (Å²) in [6, 6.07) is 14.8. The third-order valence-corrected chi connectivity index (χ3v) is 5.62. The molecule has 152 valence electrons. The Hall–Kier alpha value is -3.23. The predicted octanol–water partition coefficient (Wildman–Crippen LogP) is 3.72. The molecule has 0 saturated heterocycles. The molecule has 2 heterocycles. The maximum absolute atomic E-state index is 12.1. The number of amides is 2. The van der Waals surface area contributed by atoms with Crippen molar-refractivity contribution in [3.8, 4) is 11.4 Å². The van der Waals surface area contributed by atoms with Gasteiger partial charge in [0.05, 0.1) is 16.4 Å². The lowest BCUT2D eigenvalue weighted by molar-refractivity contribution is -0.136. The fourth-order valence-corrected chi connectivity index (χ4v) is 3.97. The molecule has 0 aliphatic heterocycles. The molecule has 7 nitrogen and oxygen atoms in total. The number of para-hydroxylation sites is 1. The van der Waals surface area contributed by atoms with Crippen LogP contribution in [0.4, 0.5) is 5.69 Å². The summed E-state index contributed by atoms with van der Waals surface area (Å²) < 4.78 is 1.78. The Bertz CT molecular complexity index is 1230. The molecule has 30 heavy (non-hydrogen) atoms. The first-order valence-electron chi connectivity index (χ1n) is 9.25. The second kappa shape index (κ2) is 8.64. The number of aromatic nitrogens is 3. The lowest BCUT2D eigenvalue weighted by atomic mass is 10.1. The number of hydrogen-bond donors (Lipinski definition) is 2. The number of thiazole rings is 1. The number of nitrogens with one attached hydrogen (secondary N) is 2. The summed E-state index contributed by atoms with van der Waals surface area (Å²) in [6.07, 6.45) is 0.516. The van der Waals surface area contributed by atoms with Crippen LogP contribution in [0.3, 0.4) is 0 Å². The summed E-state index contributed by atoms with van der Waals surface area (Å²) in [5.41, 5.74) is 3.41. The summed E-state index contributed by atoms with van der Waals surface area (Å²) in [6.45, 7) is 2.32. The van der Waals surface area contributed by atoms with Gasteiger partial charge in [-0.25, -0.2) is 4.52 Å². The number of aryl methyl sites for hydroxylation is 1. The topological polar surface area (TPSA) is 88.4 Å². The molecule has 0 saturated carbocycles. The van der Waals surface area contributed by atoms with Crippen molar-refractivity contribution in [2.75, 3.05) is 11.9 Å². The molecule has 2 aromatic heterocycles. The number of nitrogens with zero attached hydrogens (tertiary/aromatic N) is 3. The Kier molecular flexibility index (Phi) is 5.78. The Balaban J connectivity index is 1.37. The van der Waals surface area contributed by atoms with E-state index in [0.717, 1.165) is 21.8 Å². The van der Waals surface area contributed by atoms with Crippen molar-refractivity contribution in [3.05, 3.63) is 70.2 Å². The van der Waals surface area contributed by atoms with Crippen molar-refractivity contribution in [2.24, 2.45) is 0 Å². The Labute approximate surface area is 181 Å². The smallest absolute Gasteiger partial charge is 0.313 e. The highest BCUT2D eigenvalue weighted by atomic mass is 35.5. The third-order valence-electron chi connectivity index (χ3n) is 4.42. The molecule has 9 heteroatoms. The lowest BCUT2D eigenvalue weighted by Crippen LogP contribution is -2.36. The Morgan fingerprint density at radius 1 is 1.13 bits per heavy atom. The number of carbonyl (C=O) groups is 2. The first-order valence-corrected chi connectivity index (χ1v) is 10.5. The molecule has 2 aromatic carbocycles. The number of benzene rings is 2. The zero-order valence-electron chi connectivity index (χ0n) is 16.1. The van der Waals surface area contributed by atoms with E-state index in [1.54, 1.807) is 28.8 Å². The van der Waals surface area contributed by atoms with Crippen LogP contribution in [0.15, 0.2) is 53.9 Å². The summed E-state index contributed by atoms with van der Waals surface area (Å²) in [7, 11) is 0. The van der Waals surface area contributed by atoms with E-state index in [1.807, 2.05) is 36.6 Å². The molecule has 4 aromatic rings. The molecule has 4 rings (SSSR count). The van der Waals surface area contributed by atoms with E-state index in [0.29, 0.717) is 29.5 Å². The van der Waals surface area contributed by atoms with Crippen LogP contribution in [0.25, 0.3) is 16.3 Å². The molecule has 0 aliphatic carbocycles. The van der Waals surface area contributed by atoms with Gasteiger partial charge in [-0.1, -0.05) is 47.5 Å². The van der Waals surface area contributed by atoms with Gasteiger partial charge in [0.25, 0.3) is 0 Å². The minimum atomic E-state index is -0.763. The van der Waals surface area contributed by atoms with Crippen LogP contribution < -0.4 is 10.6 Å². The quantitative estimate of drug-likeness (QED) is 0.464. The third kappa shape index (κ3) is 4.34. The molecule has 0 spiro atoms. The second-order valence-electron chi connectivity index (χ2n) is 6.67. The number of carbonyl (C=O) groups excluding carboxylic acids is 2. The van der Waals surface area contributed by atoms with E-state index in [1.165, 1.54) is 11.3 Å². The summed E-state index contributed by atoms with van der Waals surface area (Å²) >= 11 is 7.48. The van der Waals surface area contributed by atoms with E-state index >= 15 is 0 Å². The zero-order valence-corrected chi connectivity index (χ0v) is 17.6. The average Bonchev–Trinajstić information content (AvgIpc) is 3.31. The molecule has 2 amide bonds. The normalized spacial score (nSPS) is 10.9. The van der Waals surface area contributed by atoms with E-state index in [4.69, 9.17) is 11.6 Å². The molecule has 0 fully saturated rings. The van der Waals surface area contributed by atoms with Gasteiger partial charge in [-0.3, -0.25) is 9.59 Å². The van der Waals surface area contributed by atoms with Crippen LogP contribution >= 0.6 is 22.9 Å². The SMILES string of the molecule is Cc1cccc(-c2nc3scc(CCNC(=O)C(=O)Nc4ccccc4Cl)n3n2)c1. The van der Waals surface area contributed by atoms with Gasteiger partial charge in [0.15, 0.2) is 5.82 Å². The van der Waals surface area contributed by atoms with E-state index < -0.39 is 11.8 Å². The van der Waals surface area contributed by atoms with Gasteiger partial charge in [-0.15, -0.1) is 16.4 Å². The highest BCUT2D eigenvalue weighted by molar-refractivity contribution is 7.15. The van der Waals surface area contributed by atoms with Crippen molar-refractivity contribution < 1.29 is 9.59 Å². The van der Waals surface area contributed by atoms with E-state index in [9.17, 15) is 9.59 Å². The van der Waals surface area contributed by atoms with Crippen LogP contribution in [-0.4, -0.2) is 33.0 Å². The minimum Gasteiger partial charge on any atom is -0.347 e. The first kappa shape index (κ1) is 20.1. The van der Waals surface area contributed by atoms with Gasteiger partial charge >= 0.3 is 11.8 Å². The van der Waals surface area contributed by atoms with Crippen molar-refractivity contribution in [1.82, 2.24) is 19.9 Å². The second-order valence-corrected chi connectivity index (χ2v) is 7.91. The van der Waals surface area contributed by atoms with Crippen LogP contribution in [0.5, 0.6) is 0 Å². The molecule has 0 radical (unpaired) electrons. The minimum absolute atomic E-state index is 0.292. The van der Waals surface area contributed by atoms with Gasteiger partial charge in [0, 0.05) is 23.9 Å². The number of halogens is 1. The average molecular weight is 440 g/mol. The highest BCUT2D eigenvalue weighted by Gasteiger charge is 2.16. The molecule has 0 bridgehead atoms. The Morgan fingerprint density at radius 3 is 2.77 bits per heavy atom. The standard InChI is InChI=1S/C21H18ClN5O2S/c1-13-5-4-6-14(11-13)18-25-21-27(26-18)15(12-30-21)9-10-23-19(28)20(29)24-17-8-3-2-7-16(17)22/h2-8,11-12H,9-10H2,1H3,(H,23,28)(H,24,29). The van der Waals surface area contributed by atoms with Gasteiger partial charge in [-0.2, -0.15) is 4.98 Å². The molecule has 0 aliphatic rings. The van der Waals surface area contributed by atoms with E-state index in [-0.39, 0.29) is 0 Å². The zero-order chi connectivity index (χ0) is 21.1. The fraction of sp³-hybridized carbons (Fsp3) is 0.143. The molecule has 0 unspecified atom stereocenters. The van der Waals surface area contributed by atoms with Gasteiger partial charge < -0.3 is 10.6 Å². The van der Waals surface area contributed by atoms with E-state index in [2.05, 4.69) is 20.7 Å². The largest absolute Gasteiger partial charge is 0.347 e. The highest BCUT2D eigenvalue weighted by Crippen LogP contribution is 2.22. The van der Waals surface area contributed by atoms with Crippen LogP contribution in [0.1, 0.15) is 11.3 Å². The lowest BCUT2D eigenvalue weighted by Gasteiger charge is -2.07. The van der Waals surface area contributed by atoms with Crippen molar-refractivity contribution in [2.45, 2.75) is 13.3 Å². The maximum Gasteiger partial charge on any atom is 0.313 e. The maximum atomic E-state index is 12.1. The first-order chi connectivity index (χ1) is 14.5. The molecule has 2 N–H and O–H groups in total. The summed E-state index contributed by atoms with van der Waals surface area (Å²) in [5.74, 6) is -0.823. The fourth-order valence-electron chi connectivity index (χ4n) is 2.93. The molecular weight excluding hydrogens is 422 g/mol. The number of anilines is 1. The predicted molar refractivity (Wildman–Crippen MR) is 118 cm³/mol. The van der Waals surface area contributed by atoms with Crippen LogP contribution in [0, 0.1) is 6.92 Å². The summed E-state index contributed by atoms with van der Waals surface area (Å²) in [5, 5.41) is 12.0. The number of fused-ring (bicyclic) bond motifs is 1. The van der Waals surface area contributed by atoms with Gasteiger partial charge in [0.1, 0.15) is 0 Å². The summed E-state index contributed by atoms with van der Waals surface area (Å²) in [4.78, 5) is 29.5. The van der Waals surface area contributed by atoms with Crippen molar-refractivity contribution in [1.29, 1.82) is 0 Å². The molecular formula is C21H18ClN5O2S. The monoisotopic (exact) mass is 439 g/mol. The van der Waals surface area contributed by atoms with Crippen LogP contribution in [0.2, 0.25) is 5.02 Å². The van der Waals surface area contributed by atoms with Gasteiger partial charge in [-0.05, 0) is 25.1 Å². The van der Waals surface area contributed by atoms with Crippen LogP contribution in [-0.2, 0) is 16.0 Å². The Morgan fingerprint density at radius 2 is 1.97 bits per heavy atom. The van der Waals surface area contributed by atoms with Crippen molar-refractivity contribution in [3.63, 3.8) is 0 Å². The van der Waals surface area contributed by atoms with Gasteiger partial charge in [0.2, 0.25) is 4.96 Å². The number of hydrogen-bond acceptors (Lipinski definition) is 5. The van der Waals surface area contributed by atoms with Crippen molar-refractivity contribution >= 4 is 45.4 Å². The number of rotatable bonds is 5. The molecule has 0 atom stereocenters.